The van der Waals surface area contributed by atoms with Crippen LogP contribution in [-0.4, -0.2) is 36.5 Å². The van der Waals surface area contributed by atoms with E-state index in [0.717, 1.165) is 11.3 Å². The van der Waals surface area contributed by atoms with E-state index in [1.54, 1.807) is 19.1 Å². The minimum atomic E-state index is -1.30. The van der Waals surface area contributed by atoms with E-state index in [9.17, 15) is 4.79 Å². The lowest BCUT2D eigenvalue weighted by molar-refractivity contribution is -0.402. The van der Waals surface area contributed by atoms with Crippen molar-refractivity contribution in [1.82, 2.24) is 0 Å². The molecule has 2 bridgehead atoms. The molecule has 8 heteroatoms. The third-order valence-electron chi connectivity index (χ3n) is 7.16. The first-order valence-corrected chi connectivity index (χ1v) is 12.5. The Hall–Kier alpha value is -2.60. The molecule has 2 aromatic rings. The maximum absolute atomic E-state index is 13.8. The number of fused-ring (bicyclic) bond motifs is 1. The summed E-state index contributed by atoms with van der Waals surface area (Å²) in [5, 5.41) is 3.62. The Kier molecular flexibility index (Phi) is 6.52. The van der Waals surface area contributed by atoms with Gasteiger partial charge in [0.2, 0.25) is 5.91 Å². The molecule has 190 valence electrons. The highest BCUT2D eigenvalue weighted by molar-refractivity contribution is 6.31. The molecular weight excluding hydrogens is 482 g/mol. The Balaban J connectivity index is 1.46. The Bertz CT molecular complexity index is 1180. The second-order valence-electron chi connectivity index (χ2n) is 9.73. The number of anilines is 1. The van der Waals surface area contributed by atoms with Crippen molar-refractivity contribution in [2.45, 2.75) is 57.1 Å². The standard InChI is InChI=1S/C28H30ClNO6/c1-5-15-33-27(4)24(25(31)30-18-11-13-19(14-12-18)32-6-2)21-16-26(3)34-23(17-28(21,35-26)36-27)20-9-7-8-10-22(20)29/h1,7-14,21,23-24H,6,15-17H2,2-4H3,(H,30,31)/t21?,23-,24-,26+,27+,28-/m0/s1. The Morgan fingerprint density at radius 3 is 2.61 bits per heavy atom. The van der Waals surface area contributed by atoms with Crippen LogP contribution < -0.4 is 10.1 Å². The van der Waals surface area contributed by atoms with Gasteiger partial charge < -0.3 is 29.0 Å². The summed E-state index contributed by atoms with van der Waals surface area (Å²) in [6, 6.07) is 14.8. The summed E-state index contributed by atoms with van der Waals surface area (Å²) in [6.45, 7) is 6.10. The molecule has 1 spiro atoms. The molecule has 7 nitrogen and oxygen atoms in total. The summed E-state index contributed by atoms with van der Waals surface area (Å²) in [5.74, 6) is -1.40. The molecule has 1 N–H and O–H groups in total. The molecule has 3 fully saturated rings. The third kappa shape index (κ3) is 4.38. The van der Waals surface area contributed by atoms with Gasteiger partial charge in [-0.15, -0.1) is 6.42 Å². The summed E-state index contributed by atoms with van der Waals surface area (Å²) in [6.07, 6.45) is 5.93. The van der Waals surface area contributed by atoms with E-state index >= 15 is 0 Å². The van der Waals surface area contributed by atoms with Crippen LogP contribution in [-0.2, 0) is 23.7 Å². The van der Waals surface area contributed by atoms with E-state index < -0.39 is 23.3 Å². The molecular formula is C28H30ClNO6. The lowest BCUT2D eigenvalue weighted by atomic mass is 9.80. The third-order valence-corrected chi connectivity index (χ3v) is 7.50. The number of ether oxygens (including phenoxy) is 5. The van der Waals surface area contributed by atoms with Crippen molar-refractivity contribution in [3.05, 3.63) is 59.1 Å². The first kappa shape index (κ1) is 25.1. The summed E-state index contributed by atoms with van der Waals surface area (Å²) < 4.78 is 30.9. The molecule has 1 unspecified atom stereocenters. The lowest BCUT2D eigenvalue weighted by Crippen LogP contribution is -2.48. The highest BCUT2D eigenvalue weighted by Gasteiger charge is 2.73. The summed E-state index contributed by atoms with van der Waals surface area (Å²) in [4.78, 5) is 13.8. The van der Waals surface area contributed by atoms with Crippen molar-refractivity contribution < 1.29 is 28.5 Å². The predicted molar refractivity (Wildman–Crippen MR) is 134 cm³/mol. The largest absolute Gasteiger partial charge is 0.494 e. The second-order valence-corrected chi connectivity index (χ2v) is 10.1. The molecule has 5 rings (SSSR count). The van der Waals surface area contributed by atoms with Gasteiger partial charge in [0, 0.05) is 29.5 Å². The molecule has 0 radical (unpaired) electrons. The van der Waals surface area contributed by atoms with Gasteiger partial charge in [-0.2, -0.15) is 0 Å². The van der Waals surface area contributed by atoms with Gasteiger partial charge in [0.05, 0.1) is 12.7 Å². The normalized spacial score (nSPS) is 34.6. The highest BCUT2D eigenvalue weighted by atomic mass is 35.5. The van der Waals surface area contributed by atoms with Crippen LogP contribution in [0.2, 0.25) is 5.02 Å². The quantitative estimate of drug-likeness (QED) is 0.508. The number of benzene rings is 2. The minimum Gasteiger partial charge on any atom is -0.494 e. The van der Waals surface area contributed by atoms with Crippen LogP contribution in [0.3, 0.4) is 0 Å². The molecule has 0 aromatic heterocycles. The van der Waals surface area contributed by atoms with Crippen LogP contribution in [0, 0.1) is 24.2 Å². The van der Waals surface area contributed by atoms with Crippen molar-refractivity contribution >= 4 is 23.2 Å². The van der Waals surface area contributed by atoms with E-state index in [2.05, 4.69) is 11.2 Å². The number of rotatable bonds is 7. The Morgan fingerprint density at radius 2 is 1.92 bits per heavy atom. The molecule has 3 saturated heterocycles. The van der Waals surface area contributed by atoms with E-state index in [1.807, 2.05) is 50.2 Å². The molecule has 6 atom stereocenters. The fourth-order valence-corrected chi connectivity index (χ4v) is 6.10. The number of hydrogen-bond acceptors (Lipinski definition) is 6. The van der Waals surface area contributed by atoms with Crippen molar-refractivity contribution in [2.75, 3.05) is 18.5 Å². The van der Waals surface area contributed by atoms with Gasteiger partial charge in [0.25, 0.3) is 0 Å². The van der Waals surface area contributed by atoms with Crippen LogP contribution >= 0.6 is 11.6 Å². The second kappa shape index (κ2) is 9.37. The maximum Gasteiger partial charge on any atom is 0.233 e. The summed E-state index contributed by atoms with van der Waals surface area (Å²) >= 11 is 6.50. The van der Waals surface area contributed by atoms with Crippen molar-refractivity contribution in [3.63, 3.8) is 0 Å². The average Bonchev–Trinajstić information content (AvgIpc) is 3.17. The van der Waals surface area contributed by atoms with Crippen LogP contribution in [0.15, 0.2) is 48.5 Å². The Labute approximate surface area is 216 Å². The van der Waals surface area contributed by atoms with Gasteiger partial charge in [-0.05, 0) is 56.7 Å². The first-order valence-electron chi connectivity index (χ1n) is 12.1. The monoisotopic (exact) mass is 511 g/mol. The fourth-order valence-electron chi connectivity index (χ4n) is 5.84. The molecule has 3 heterocycles. The molecule has 3 aliphatic rings. The SMILES string of the molecule is C#CCO[C@]1(C)O[C@@]23C[C@@H](c4ccccc4Cl)O[C@@](C)(CC2[C@H]1C(=O)Nc1ccc(OCC)cc1)O3. The molecule has 2 aromatic carbocycles. The lowest BCUT2D eigenvalue weighted by Gasteiger charge is -2.43. The van der Waals surface area contributed by atoms with Crippen molar-refractivity contribution in [3.8, 4) is 18.1 Å². The Morgan fingerprint density at radius 1 is 1.17 bits per heavy atom. The van der Waals surface area contributed by atoms with E-state index in [0.29, 0.717) is 30.2 Å². The van der Waals surface area contributed by atoms with E-state index in [-0.39, 0.29) is 24.5 Å². The number of nitrogens with one attached hydrogen (secondary N) is 1. The van der Waals surface area contributed by atoms with Crippen LogP contribution in [0.25, 0.3) is 0 Å². The molecule has 0 saturated carbocycles. The van der Waals surface area contributed by atoms with Crippen LogP contribution in [0.4, 0.5) is 5.69 Å². The number of hydrogen-bond donors (Lipinski definition) is 1. The van der Waals surface area contributed by atoms with Gasteiger partial charge in [0.15, 0.2) is 17.4 Å². The van der Waals surface area contributed by atoms with Crippen molar-refractivity contribution in [2.24, 2.45) is 11.8 Å². The average molecular weight is 512 g/mol. The topological polar surface area (TPSA) is 75.3 Å². The van der Waals surface area contributed by atoms with Crippen LogP contribution in [0.1, 0.15) is 45.3 Å². The minimum absolute atomic E-state index is 0.00611. The number of amides is 1. The van der Waals surface area contributed by atoms with Gasteiger partial charge >= 0.3 is 0 Å². The van der Waals surface area contributed by atoms with E-state index in [4.69, 9.17) is 41.7 Å². The zero-order valence-electron chi connectivity index (χ0n) is 20.6. The number of terminal acetylenes is 1. The molecule has 1 amide bonds. The fraction of sp³-hybridized carbons (Fsp3) is 0.464. The molecule has 36 heavy (non-hydrogen) atoms. The van der Waals surface area contributed by atoms with Gasteiger partial charge in [-0.25, -0.2) is 0 Å². The van der Waals surface area contributed by atoms with Gasteiger partial charge in [-0.3, -0.25) is 4.79 Å². The number of halogens is 1. The number of carbonyl (C=O) groups is 1. The summed E-state index contributed by atoms with van der Waals surface area (Å²) in [7, 11) is 0. The highest BCUT2D eigenvalue weighted by Crippen LogP contribution is 2.64. The van der Waals surface area contributed by atoms with Gasteiger partial charge in [0.1, 0.15) is 18.3 Å². The first-order chi connectivity index (χ1) is 17.2. The summed E-state index contributed by atoms with van der Waals surface area (Å²) in [5.41, 5.74) is 1.49. The molecule has 0 aliphatic carbocycles. The van der Waals surface area contributed by atoms with Crippen molar-refractivity contribution in [1.29, 1.82) is 0 Å². The molecule has 3 aliphatic heterocycles. The van der Waals surface area contributed by atoms with Gasteiger partial charge in [-0.1, -0.05) is 35.7 Å². The zero-order chi connectivity index (χ0) is 25.6. The predicted octanol–water partition coefficient (Wildman–Crippen LogP) is 5.30. The zero-order valence-corrected chi connectivity index (χ0v) is 21.3. The maximum atomic E-state index is 13.8. The number of carbonyl (C=O) groups excluding carboxylic acids is 1. The smallest absolute Gasteiger partial charge is 0.233 e. The van der Waals surface area contributed by atoms with Crippen LogP contribution in [0.5, 0.6) is 5.75 Å². The van der Waals surface area contributed by atoms with E-state index in [1.165, 1.54) is 0 Å².